The highest BCUT2D eigenvalue weighted by atomic mass is 35.5. The van der Waals surface area contributed by atoms with Crippen molar-refractivity contribution in [2.75, 3.05) is 5.32 Å². The van der Waals surface area contributed by atoms with E-state index in [9.17, 15) is 9.59 Å². The van der Waals surface area contributed by atoms with Crippen LogP contribution in [0.1, 0.15) is 47.2 Å². The summed E-state index contributed by atoms with van der Waals surface area (Å²) in [5, 5.41) is 3.50. The fourth-order valence-corrected chi connectivity index (χ4v) is 3.10. The molecule has 0 atom stereocenters. The number of para-hydroxylation sites is 1. The van der Waals surface area contributed by atoms with Crippen molar-refractivity contribution in [3.8, 4) is 11.1 Å². The lowest BCUT2D eigenvalue weighted by molar-refractivity contribution is 0.101. The average Bonchev–Trinajstić information content (AvgIpc) is 2.88. The summed E-state index contributed by atoms with van der Waals surface area (Å²) in [6.07, 6.45) is 1.64. The third-order valence-corrected chi connectivity index (χ3v) is 4.91. The van der Waals surface area contributed by atoms with Crippen LogP contribution in [0.3, 0.4) is 0 Å². The van der Waals surface area contributed by atoms with E-state index in [1.807, 2.05) is 75.4 Å². The van der Waals surface area contributed by atoms with Crippen molar-refractivity contribution in [2.45, 2.75) is 27.7 Å². The molecule has 1 N–H and O–H groups in total. The first kappa shape index (κ1) is 26.5. The van der Waals surface area contributed by atoms with Crippen LogP contribution in [0.5, 0.6) is 0 Å². The number of rotatable bonds is 4. The molecule has 1 aromatic heterocycles. The van der Waals surface area contributed by atoms with Crippen molar-refractivity contribution in [3.05, 3.63) is 119 Å². The maximum absolute atomic E-state index is 12.4. The number of nitrogens with one attached hydrogen (secondary N) is 1. The fourth-order valence-electron chi connectivity index (χ4n) is 2.99. The maximum Gasteiger partial charge on any atom is 0.255 e. The second-order valence-corrected chi connectivity index (χ2v) is 7.55. The van der Waals surface area contributed by atoms with Crippen LogP contribution in [-0.4, -0.2) is 16.7 Å². The number of pyridine rings is 1. The summed E-state index contributed by atoms with van der Waals surface area (Å²) >= 11 is 5.55. The number of halogens is 1. The number of aromatic nitrogens is 1. The van der Waals surface area contributed by atoms with Crippen LogP contribution in [0.25, 0.3) is 11.1 Å². The largest absolute Gasteiger partial charge is 0.321 e. The number of benzene rings is 3. The van der Waals surface area contributed by atoms with Gasteiger partial charge in [0.2, 0.25) is 0 Å². The van der Waals surface area contributed by atoms with Crippen molar-refractivity contribution in [3.63, 3.8) is 0 Å². The topological polar surface area (TPSA) is 59.1 Å². The molecule has 0 bridgehead atoms. The molecule has 1 amide bonds. The number of Topliss-reactive ketones (excluding diaryl/α,β-unsaturated/α-hetero) is 1. The zero-order chi connectivity index (χ0) is 24.9. The van der Waals surface area contributed by atoms with Gasteiger partial charge in [-0.05, 0) is 61.4 Å². The molecule has 4 nitrogen and oxygen atoms in total. The minimum atomic E-state index is -0.233. The molecule has 0 saturated carbocycles. The molecule has 5 heteroatoms. The SMILES string of the molecule is CC.CC(=O)c1ccccc1NC(=O)c1ccc(-c2ccccc2)cc1.Cc1ccc(Cl)cn1. The molecule has 4 aromatic rings. The molecule has 0 aliphatic carbocycles. The Morgan fingerprint density at radius 3 is 1.91 bits per heavy atom. The van der Waals surface area contributed by atoms with Gasteiger partial charge in [0.15, 0.2) is 5.78 Å². The fraction of sp³-hybridized carbons (Fsp3) is 0.138. The minimum absolute atomic E-state index is 0.0784. The van der Waals surface area contributed by atoms with E-state index in [0.29, 0.717) is 21.8 Å². The number of ketones is 1. The second kappa shape index (κ2) is 13.7. The van der Waals surface area contributed by atoms with Gasteiger partial charge >= 0.3 is 0 Å². The summed E-state index contributed by atoms with van der Waals surface area (Å²) in [5.41, 5.74) is 4.74. The van der Waals surface area contributed by atoms with Crippen LogP contribution < -0.4 is 5.32 Å². The summed E-state index contributed by atoms with van der Waals surface area (Å²) in [6.45, 7) is 7.41. The van der Waals surface area contributed by atoms with Crippen LogP contribution in [0, 0.1) is 6.92 Å². The lowest BCUT2D eigenvalue weighted by atomic mass is 10.0. The first-order valence-electron chi connectivity index (χ1n) is 11.1. The van der Waals surface area contributed by atoms with Gasteiger partial charge in [-0.1, -0.05) is 80.0 Å². The molecule has 0 aliphatic rings. The molecule has 0 unspecified atom stereocenters. The van der Waals surface area contributed by atoms with Crippen molar-refractivity contribution in [1.82, 2.24) is 4.98 Å². The van der Waals surface area contributed by atoms with Gasteiger partial charge < -0.3 is 5.32 Å². The molecule has 174 valence electrons. The van der Waals surface area contributed by atoms with Crippen LogP contribution in [-0.2, 0) is 0 Å². The van der Waals surface area contributed by atoms with Gasteiger partial charge in [0.1, 0.15) is 0 Å². The van der Waals surface area contributed by atoms with Gasteiger partial charge in [0, 0.05) is 23.0 Å². The first-order chi connectivity index (χ1) is 16.4. The normalized spacial score (nSPS) is 9.56. The van der Waals surface area contributed by atoms with E-state index in [2.05, 4.69) is 10.3 Å². The highest BCUT2D eigenvalue weighted by molar-refractivity contribution is 6.30. The van der Waals surface area contributed by atoms with Gasteiger partial charge in [-0.15, -0.1) is 0 Å². The van der Waals surface area contributed by atoms with E-state index in [1.165, 1.54) is 6.92 Å². The number of nitrogens with zero attached hydrogens (tertiary/aromatic N) is 1. The highest BCUT2D eigenvalue weighted by Crippen LogP contribution is 2.21. The third-order valence-electron chi connectivity index (χ3n) is 4.68. The second-order valence-electron chi connectivity index (χ2n) is 7.12. The maximum atomic E-state index is 12.4. The molecule has 0 fully saturated rings. The predicted octanol–water partition coefficient (Wildman–Crippen LogP) is 7.88. The van der Waals surface area contributed by atoms with Gasteiger partial charge in [-0.25, -0.2) is 0 Å². The Bertz CT molecular complexity index is 1170. The third kappa shape index (κ3) is 7.98. The predicted molar refractivity (Wildman–Crippen MR) is 142 cm³/mol. The van der Waals surface area contributed by atoms with E-state index >= 15 is 0 Å². The van der Waals surface area contributed by atoms with Gasteiger partial charge in [0.05, 0.1) is 10.7 Å². The van der Waals surface area contributed by atoms with Gasteiger partial charge in [-0.3, -0.25) is 14.6 Å². The van der Waals surface area contributed by atoms with Crippen LogP contribution in [0.15, 0.2) is 97.2 Å². The van der Waals surface area contributed by atoms with E-state index in [4.69, 9.17) is 11.6 Å². The molecule has 4 rings (SSSR count). The average molecular weight is 473 g/mol. The molecular formula is C29H29ClN2O2. The summed E-state index contributed by atoms with van der Waals surface area (Å²) in [4.78, 5) is 28.0. The Morgan fingerprint density at radius 1 is 0.765 bits per heavy atom. The smallest absolute Gasteiger partial charge is 0.255 e. The zero-order valence-corrected chi connectivity index (χ0v) is 20.6. The Hall–Kier alpha value is -3.76. The summed E-state index contributed by atoms with van der Waals surface area (Å²) in [5.74, 6) is -0.311. The van der Waals surface area contributed by atoms with Crippen LogP contribution in [0.2, 0.25) is 5.02 Å². The van der Waals surface area contributed by atoms with Crippen molar-refractivity contribution < 1.29 is 9.59 Å². The molecule has 0 radical (unpaired) electrons. The van der Waals surface area contributed by atoms with E-state index in [1.54, 1.807) is 42.6 Å². The highest BCUT2D eigenvalue weighted by Gasteiger charge is 2.11. The monoisotopic (exact) mass is 472 g/mol. The van der Waals surface area contributed by atoms with E-state index in [-0.39, 0.29) is 11.7 Å². The van der Waals surface area contributed by atoms with Gasteiger partial charge in [0.25, 0.3) is 5.91 Å². The molecule has 0 spiro atoms. The Labute approximate surface area is 206 Å². The number of aryl methyl sites for hydroxylation is 1. The number of hydrogen-bond acceptors (Lipinski definition) is 3. The summed E-state index contributed by atoms with van der Waals surface area (Å²) in [6, 6.07) is 28.1. The summed E-state index contributed by atoms with van der Waals surface area (Å²) in [7, 11) is 0. The Morgan fingerprint density at radius 2 is 1.35 bits per heavy atom. The van der Waals surface area contributed by atoms with E-state index in [0.717, 1.165) is 16.8 Å². The lowest BCUT2D eigenvalue weighted by Crippen LogP contribution is -2.14. The number of hydrogen-bond donors (Lipinski definition) is 1. The first-order valence-corrected chi connectivity index (χ1v) is 11.5. The zero-order valence-electron chi connectivity index (χ0n) is 19.9. The lowest BCUT2D eigenvalue weighted by Gasteiger charge is -2.09. The van der Waals surface area contributed by atoms with Crippen LogP contribution >= 0.6 is 11.6 Å². The molecular weight excluding hydrogens is 444 g/mol. The molecule has 3 aromatic carbocycles. The molecule has 0 saturated heterocycles. The quantitative estimate of drug-likeness (QED) is 0.307. The van der Waals surface area contributed by atoms with Crippen molar-refractivity contribution in [2.24, 2.45) is 0 Å². The standard InChI is InChI=1S/C21H17NO2.C6H6ClN.C2H6/c1-15(23)19-9-5-6-10-20(19)22-21(24)18-13-11-17(12-14-18)16-7-3-2-4-8-16;1-5-2-3-6(7)4-8-5;1-2/h2-14H,1H3,(H,22,24);2-4H,1H3;1-2H3. The number of carbonyl (C=O) groups excluding carboxylic acids is 2. The molecule has 1 heterocycles. The Kier molecular flexibility index (Phi) is 10.7. The van der Waals surface area contributed by atoms with Crippen LogP contribution in [0.4, 0.5) is 5.69 Å². The molecule has 34 heavy (non-hydrogen) atoms. The number of carbonyl (C=O) groups is 2. The van der Waals surface area contributed by atoms with Gasteiger partial charge in [-0.2, -0.15) is 0 Å². The number of anilines is 1. The Balaban J connectivity index is 0.000000343. The molecule has 0 aliphatic heterocycles. The van der Waals surface area contributed by atoms with Crippen molar-refractivity contribution >= 4 is 29.0 Å². The van der Waals surface area contributed by atoms with Crippen molar-refractivity contribution in [1.29, 1.82) is 0 Å². The van der Waals surface area contributed by atoms with E-state index < -0.39 is 0 Å². The number of amides is 1. The minimum Gasteiger partial charge on any atom is -0.321 e. The summed E-state index contributed by atoms with van der Waals surface area (Å²) < 4.78 is 0.